The molecule has 120 valence electrons. The molecule has 2 unspecified atom stereocenters. The zero-order valence-corrected chi connectivity index (χ0v) is 16.9. The molecule has 1 heteroatoms. The third-order valence-corrected chi connectivity index (χ3v) is 5.52. The molecular formula is C21H29I. The van der Waals surface area contributed by atoms with Crippen molar-refractivity contribution in [1.29, 1.82) is 0 Å². The van der Waals surface area contributed by atoms with Crippen LogP contribution in [0.25, 0.3) is 0 Å². The Morgan fingerprint density at radius 2 is 1.64 bits per heavy atom. The number of alkyl halides is 1. The molecule has 2 atom stereocenters. The third kappa shape index (κ3) is 2.97. The van der Waals surface area contributed by atoms with E-state index >= 15 is 0 Å². The summed E-state index contributed by atoms with van der Waals surface area (Å²) in [7, 11) is 0. The van der Waals surface area contributed by atoms with Gasteiger partial charge in [-0.15, -0.1) is 0 Å². The molecule has 0 aromatic carbocycles. The third-order valence-electron chi connectivity index (χ3n) is 4.54. The molecule has 0 bridgehead atoms. The molecule has 0 saturated heterocycles. The standard InChI is InChI=1S/C21H29I/c1-8-12-17-18(13-9-2)20(14-10-3)21(15(5)6,16(7)22)19(17)11-4/h8-16H,1H2,2-7H3/b13-9-,14-10-,17-12-,19-11+. The largest absolute Gasteiger partial charge is 0.0990 e. The monoisotopic (exact) mass is 408 g/mol. The van der Waals surface area contributed by atoms with E-state index in [0.29, 0.717) is 9.84 Å². The van der Waals surface area contributed by atoms with Crippen molar-refractivity contribution in [2.24, 2.45) is 11.3 Å². The molecule has 0 radical (unpaired) electrons. The van der Waals surface area contributed by atoms with E-state index in [4.69, 9.17) is 0 Å². The minimum atomic E-state index is 0.0471. The predicted molar refractivity (Wildman–Crippen MR) is 109 cm³/mol. The molecule has 0 N–H and O–H groups in total. The first kappa shape index (κ1) is 19.2. The lowest BCUT2D eigenvalue weighted by Gasteiger charge is -2.40. The minimum absolute atomic E-state index is 0.0471. The van der Waals surface area contributed by atoms with Crippen molar-refractivity contribution in [1.82, 2.24) is 0 Å². The fourth-order valence-electron chi connectivity index (χ4n) is 3.82. The Morgan fingerprint density at radius 3 is 2.00 bits per heavy atom. The number of rotatable bonds is 5. The average Bonchev–Trinajstić information content (AvgIpc) is 2.71. The molecule has 1 aliphatic carbocycles. The van der Waals surface area contributed by atoms with Gasteiger partial charge in [-0.1, -0.05) is 92.5 Å². The summed E-state index contributed by atoms with van der Waals surface area (Å²) < 4.78 is 0.499. The highest BCUT2D eigenvalue weighted by atomic mass is 127. The summed E-state index contributed by atoms with van der Waals surface area (Å²) in [5.41, 5.74) is 5.58. The smallest absolute Gasteiger partial charge is 0.0349 e. The van der Waals surface area contributed by atoms with Gasteiger partial charge < -0.3 is 0 Å². The van der Waals surface area contributed by atoms with Gasteiger partial charge in [0.1, 0.15) is 0 Å². The second-order valence-electron chi connectivity index (χ2n) is 5.99. The summed E-state index contributed by atoms with van der Waals surface area (Å²) in [5, 5.41) is 0. The molecule has 0 fully saturated rings. The first-order chi connectivity index (χ1) is 10.4. The molecule has 0 aromatic heterocycles. The lowest BCUT2D eigenvalue weighted by molar-refractivity contribution is 0.327. The van der Waals surface area contributed by atoms with E-state index in [1.807, 2.05) is 6.08 Å². The average molecular weight is 408 g/mol. The van der Waals surface area contributed by atoms with E-state index in [0.717, 1.165) is 0 Å². The zero-order valence-electron chi connectivity index (χ0n) is 14.8. The number of allylic oxidation sites excluding steroid dienone is 11. The van der Waals surface area contributed by atoms with Crippen LogP contribution in [-0.4, -0.2) is 3.92 Å². The van der Waals surface area contributed by atoms with Crippen LogP contribution in [0.1, 0.15) is 41.5 Å². The highest BCUT2D eigenvalue weighted by Crippen LogP contribution is 2.59. The Balaban J connectivity index is 3.94. The summed E-state index contributed by atoms with van der Waals surface area (Å²) in [6.07, 6.45) is 15.2. The topological polar surface area (TPSA) is 0 Å². The molecule has 22 heavy (non-hydrogen) atoms. The maximum atomic E-state index is 3.93. The Morgan fingerprint density at radius 1 is 1.05 bits per heavy atom. The molecule has 0 aliphatic heterocycles. The molecule has 0 nitrogen and oxygen atoms in total. The van der Waals surface area contributed by atoms with Crippen LogP contribution >= 0.6 is 22.6 Å². The summed E-state index contributed by atoms with van der Waals surface area (Å²) in [5.74, 6) is 0.521. The fraction of sp³-hybridized carbons (Fsp3) is 0.429. The normalized spacial score (nSPS) is 28.0. The van der Waals surface area contributed by atoms with E-state index < -0.39 is 0 Å². The van der Waals surface area contributed by atoms with Crippen LogP contribution in [0.15, 0.2) is 71.4 Å². The predicted octanol–water partition coefficient (Wildman–Crippen LogP) is 6.97. The van der Waals surface area contributed by atoms with Crippen LogP contribution in [0.3, 0.4) is 0 Å². The molecule has 0 saturated carbocycles. The SMILES string of the molecule is C=C/C=C1C(/C=C\C)=C(/C=C\C)C(C(C)C)(C(C)I)C/1=C/C. The van der Waals surface area contributed by atoms with Crippen LogP contribution in [-0.2, 0) is 0 Å². The van der Waals surface area contributed by atoms with E-state index in [9.17, 15) is 0 Å². The molecule has 0 aromatic rings. The fourth-order valence-corrected chi connectivity index (χ4v) is 5.21. The van der Waals surface area contributed by atoms with Gasteiger partial charge in [-0.2, -0.15) is 0 Å². The molecule has 0 heterocycles. The number of hydrogen-bond acceptors (Lipinski definition) is 0. The Bertz CT molecular complexity index is 555. The van der Waals surface area contributed by atoms with Crippen molar-refractivity contribution in [3.8, 4) is 0 Å². The quantitative estimate of drug-likeness (QED) is 0.340. The van der Waals surface area contributed by atoms with Gasteiger partial charge >= 0.3 is 0 Å². The maximum Gasteiger partial charge on any atom is 0.0349 e. The van der Waals surface area contributed by atoms with Gasteiger partial charge in [0.05, 0.1) is 0 Å². The van der Waals surface area contributed by atoms with Gasteiger partial charge in [-0.3, -0.25) is 0 Å². The van der Waals surface area contributed by atoms with E-state index in [1.165, 1.54) is 22.3 Å². The molecule has 0 spiro atoms. The summed E-state index contributed by atoms with van der Waals surface area (Å²) in [6, 6.07) is 0. The van der Waals surface area contributed by atoms with Gasteiger partial charge in [0, 0.05) is 9.34 Å². The van der Waals surface area contributed by atoms with Gasteiger partial charge in [0.2, 0.25) is 0 Å². The van der Waals surface area contributed by atoms with Crippen LogP contribution in [0.5, 0.6) is 0 Å². The van der Waals surface area contributed by atoms with Crippen LogP contribution in [0, 0.1) is 11.3 Å². The van der Waals surface area contributed by atoms with Gasteiger partial charge in [-0.25, -0.2) is 0 Å². The van der Waals surface area contributed by atoms with Crippen molar-refractivity contribution >= 4 is 22.6 Å². The van der Waals surface area contributed by atoms with Crippen molar-refractivity contribution in [2.75, 3.05) is 0 Å². The van der Waals surface area contributed by atoms with E-state index in [-0.39, 0.29) is 5.41 Å². The van der Waals surface area contributed by atoms with E-state index in [1.54, 1.807) is 0 Å². The highest BCUT2D eigenvalue weighted by Gasteiger charge is 2.50. The molecule has 1 rings (SSSR count). The summed E-state index contributed by atoms with van der Waals surface area (Å²) in [6.45, 7) is 17.3. The first-order valence-corrected chi connectivity index (χ1v) is 9.32. The van der Waals surface area contributed by atoms with E-state index in [2.05, 4.69) is 107 Å². The summed E-state index contributed by atoms with van der Waals surface area (Å²) >= 11 is 2.60. The second-order valence-corrected chi connectivity index (χ2v) is 7.85. The Hall–Kier alpha value is -0.830. The van der Waals surface area contributed by atoms with Crippen LogP contribution < -0.4 is 0 Å². The van der Waals surface area contributed by atoms with Crippen molar-refractivity contribution in [3.63, 3.8) is 0 Å². The minimum Gasteiger partial charge on any atom is -0.0990 e. The molecule has 1 aliphatic rings. The first-order valence-electron chi connectivity index (χ1n) is 8.07. The Labute approximate surface area is 150 Å². The van der Waals surface area contributed by atoms with Crippen molar-refractivity contribution in [2.45, 2.75) is 45.5 Å². The highest BCUT2D eigenvalue weighted by molar-refractivity contribution is 14.1. The molecule has 0 amide bonds. The second kappa shape index (κ2) is 8.14. The van der Waals surface area contributed by atoms with Crippen molar-refractivity contribution < 1.29 is 0 Å². The van der Waals surface area contributed by atoms with Gasteiger partial charge in [-0.05, 0) is 49.0 Å². The van der Waals surface area contributed by atoms with Crippen LogP contribution in [0.4, 0.5) is 0 Å². The number of halogens is 1. The zero-order chi connectivity index (χ0) is 16.9. The maximum absolute atomic E-state index is 3.93. The lowest BCUT2D eigenvalue weighted by atomic mass is 9.66. The van der Waals surface area contributed by atoms with Crippen LogP contribution in [0.2, 0.25) is 0 Å². The molecular weight excluding hydrogens is 379 g/mol. The summed E-state index contributed by atoms with van der Waals surface area (Å²) in [4.78, 5) is 0. The van der Waals surface area contributed by atoms with Crippen molar-refractivity contribution in [3.05, 3.63) is 71.4 Å². The number of hydrogen-bond donors (Lipinski definition) is 0. The van der Waals surface area contributed by atoms with Gasteiger partial charge in [0.15, 0.2) is 0 Å². The Kier molecular flexibility index (Phi) is 7.11. The van der Waals surface area contributed by atoms with Gasteiger partial charge in [0.25, 0.3) is 0 Å². The lowest BCUT2D eigenvalue weighted by Crippen LogP contribution is -2.36.